The molecule has 1 heterocycles. The summed E-state index contributed by atoms with van der Waals surface area (Å²) >= 11 is 1.14. The van der Waals surface area contributed by atoms with Crippen LogP contribution in [0.4, 0.5) is 18.3 Å². The van der Waals surface area contributed by atoms with Crippen LogP contribution in [0.25, 0.3) is 0 Å². The third-order valence-corrected chi connectivity index (χ3v) is 1.60. The van der Waals surface area contributed by atoms with Crippen molar-refractivity contribution in [2.45, 2.75) is 6.18 Å². The van der Waals surface area contributed by atoms with Gasteiger partial charge in [0.25, 0.3) is 0 Å². The minimum atomic E-state index is -4.17. The molecule has 1 rings (SSSR count). The van der Waals surface area contributed by atoms with E-state index < -0.39 is 12.7 Å². The number of nitrogens with one attached hydrogen (secondary N) is 1. The van der Waals surface area contributed by atoms with E-state index in [-0.39, 0.29) is 0 Å². The predicted molar refractivity (Wildman–Crippen MR) is 36.7 cm³/mol. The van der Waals surface area contributed by atoms with Crippen molar-refractivity contribution in [1.29, 1.82) is 0 Å². The molecule has 11 heavy (non-hydrogen) atoms. The zero-order valence-electron chi connectivity index (χ0n) is 5.35. The summed E-state index contributed by atoms with van der Waals surface area (Å²) in [5.74, 6) is 0. The quantitative estimate of drug-likeness (QED) is 0.757. The average Bonchev–Trinajstić information content (AvgIpc) is 2.32. The Morgan fingerprint density at radius 1 is 1.55 bits per heavy atom. The van der Waals surface area contributed by atoms with E-state index in [4.69, 9.17) is 0 Å². The first kappa shape index (κ1) is 8.32. The van der Waals surface area contributed by atoms with Crippen molar-refractivity contribution in [3.05, 3.63) is 11.6 Å². The summed E-state index contributed by atoms with van der Waals surface area (Å²) in [6.45, 7) is -1.03. The Balaban J connectivity index is 2.35. The Morgan fingerprint density at radius 2 is 2.27 bits per heavy atom. The number of thiazole rings is 1. The number of halogens is 3. The molecular weight excluding hydrogens is 177 g/mol. The first-order chi connectivity index (χ1) is 5.08. The van der Waals surface area contributed by atoms with E-state index >= 15 is 0 Å². The summed E-state index contributed by atoms with van der Waals surface area (Å²) < 4.78 is 34.7. The second kappa shape index (κ2) is 3.08. The molecule has 0 bridgehead atoms. The number of alkyl halides is 3. The van der Waals surface area contributed by atoms with Crippen molar-refractivity contribution in [3.8, 4) is 0 Å². The van der Waals surface area contributed by atoms with Crippen LogP contribution in [0.2, 0.25) is 0 Å². The third kappa shape index (κ3) is 3.22. The standard InChI is InChI=1S/C5H5F3N2S/c6-5(7,8)3-10-4-9-1-2-11-4/h1-2H,3H2,(H,9,10). The second-order valence-corrected chi connectivity index (χ2v) is 2.70. The molecular formula is C5H5F3N2S. The highest BCUT2D eigenvalue weighted by Gasteiger charge is 2.26. The first-order valence-corrected chi connectivity index (χ1v) is 3.66. The fourth-order valence-electron chi connectivity index (χ4n) is 0.487. The Morgan fingerprint density at radius 3 is 2.73 bits per heavy atom. The molecule has 0 amide bonds. The SMILES string of the molecule is FC(F)(F)CNc1nccs1. The number of hydrogen-bond donors (Lipinski definition) is 1. The molecule has 1 aromatic rings. The lowest BCUT2D eigenvalue weighted by Crippen LogP contribution is -2.21. The lowest BCUT2D eigenvalue weighted by atomic mass is 10.6. The van der Waals surface area contributed by atoms with Gasteiger partial charge in [0.2, 0.25) is 0 Å². The zero-order chi connectivity index (χ0) is 8.32. The molecule has 2 nitrogen and oxygen atoms in total. The maximum absolute atomic E-state index is 11.6. The molecule has 0 unspecified atom stereocenters. The van der Waals surface area contributed by atoms with Gasteiger partial charge in [-0.1, -0.05) is 0 Å². The summed E-state index contributed by atoms with van der Waals surface area (Å²) in [6.07, 6.45) is -2.73. The molecule has 0 fully saturated rings. The first-order valence-electron chi connectivity index (χ1n) is 2.78. The van der Waals surface area contributed by atoms with E-state index in [1.165, 1.54) is 6.20 Å². The van der Waals surface area contributed by atoms with Crippen LogP contribution in [0.1, 0.15) is 0 Å². The largest absolute Gasteiger partial charge is 0.405 e. The molecule has 0 spiro atoms. The van der Waals surface area contributed by atoms with E-state index in [9.17, 15) is 13.2 Å². The summed E-state index contributed by atoms with van der Waals surface area (Å²) in [4.78, 5) is 3.63. The van der Waals surface area contributed by atoms with Crippen LogP contribution in [0.5, 0.6) is 0 Å². The predicted octanol–water partition coefficient (Wildman–Crippen LogP) is 2.12. The van der Waals surface area contributed by atoms with Crippen LogP contribution in [-0.2, 0) is 0 Å². The number of anilines is 1. The summed E-state index contributed by atoms with van der Waals surface area (Å²) in [5.41, 5.74) is 0. The van der Waals surface area contributed by atoms with Gasteiger partial charge in [0.05, 0.1) is 0 Å². The fraction of sp³-hybridized carbons (Fsp3) is 0.400. The highest BCUT2D eigenvalue weighted by Crippen LogP contribution is 2.17. The van der Waals surface area contributed by atoms with Gasteiger partial charge in [0, 0.05) is 11.6 Å². The van der Waals surface area contributed by atoms with Crippen LogP contribution in [-0.4, -0.2) is 17.7 Å². The molecule has 62 valence electrons. The van der Waals surface area contributed by atoms with E-state index in [0.29, 0.717) is 5.13 Å². The summed E-state index contributed by atoms with van der Waals surface area (Å²) in [5, 5.41) is 4.05. The highest BCUT2D eigenvalue weighted by atomic mass is 32.1. The van der Waals surface area contributed by atoms with Gasteiger partial charge in [0.15, 0.2) is 5.13 Å². The lowest BCUT2D eigenvalue weighted by molar-refractivity contribution is -0.115. The number of rotatable bonds is 2. The van der Waals surface area contributed by atoms with Gasteiger partial charge in [-0.3, -0.25) is 0 Å². The van der Waals surface area contributed by atoms with E-state index in [2.05, 4.69) is 10.3 Å². The molecule has 0 aliphatic heterocycles. The Labute approximate surface area is 65.1 Å². The topological polar surface area (TPSA) is 24.9 Å². The maximum atomic E-state index is 11.6. The number of hydrogen-bond acceptors (Lipinski definition) is 3. The van der Waals surface area contributed by atoms with Gasteiger partial charge in [-0.05, 0) is 0 Å². The normalized spacial score (nSPS) is 11.5. The van der Waals surface area contributed by atoms with Gasteiger partial charge in [-0.2, -0.15) is 13.2 Å². The molecule has 1 aromatic heterocycles. The van der Waals surface area contributed by atoms with Crippen molar-refractivity contribution in [2.24, 2.45) is 0 Å². The molecule has 0 radical (unpaired) electrons. The summed E-state index contributed by atoms with van der Waals surface area (Å²) in [7, 11) is 0. The monoisotopic (exact) mass is 182 g/mol. The summed E-state index contributed by atoms with van der Waals surface area (Å²) in [6, 6.07) is 0. The molecule has 0 aromatic carbocycles. The highest BCUT2D eigenvalue weighted by molar-refractivity contribution is 7.13. The van der Waals surface area contributed by atoms with Crippen LogP contribution < -0.4 is 5.32 Å². The van der Waals surface area contributed by atoms with Gasteiger partial charge in [-0.25, -0.2) is 4.98 Å². The van der Waals surface area contributed by atoms with Gasteiger partial charge >= 0.3 is 6.18 Å². The fourth-order valence-corrected chi connectivity index (χ4v) is 1.01. The average molecular weight is 182 g/mol. The van der Waals surface area contributed by atoms with Crippen molar-refractivity contribution < 1.29 is 13.2 Å². The second-order valence-electron chi connectivity index (χ2n) is 1.81. The molecule has 0 aliphatic carbocycles. The van der Waals surface area contributed by atoms with Crippen LogP contribution in [0.15, 0.2) is 11.6 Å². The Bertz CT molecular complexity index is 206. The number of nitrogens with zero attached hydrogens (tertiary/aromatic N) is 1. The van der Waals surface area contributed by atoms with Crippen molar-refractivity contribution in [3.63, 3.8) is 0 Å². The smallest absolute Gasteiger partial charge is 0.352 e. The number of aromatic nitrogens is 1. The molecule has 0 saturated carbocycles. The Kier molecular flexibility index (Phi) is 2.33. The maximum Gasteiger partial charge on any atom is 0.405 e. The van der Waals surface area contributed by atoms with E-state index in [0.717, 1.165) is 11.3 Å². The third-order valence-electron chi connectivity index (χ3n) is 0.872. The minimum absolute atomic E-state index is 0.294. The molecule has 0 atom stereocenters. The van der Waals surface area contributed by atoms with Gasteiger partial charge < -0.3 is 5.32 Å². The van der Waals surface area contributed by atoms with Crippen molar-refractivity contribution in [1.82, 2.24) is 4.98 Å². The van der Waals surface area contributed by atoms with Crippen LogP contribution in [0, 0.1) is 0 Å². The lowest BCUT2D eigenvalue weighted by Gasteiger charge is -2.05. The molecule has 6 heteroatoms. The molecule has 1 N–H and O–H groups in total. The minimum Gasteiger partial charge on any atom is -0.352 e. The molecule has 0 saturated heterocycles. The van der Waals surface area contributed by atoms with Gasteiger partial charge in [0.1, 0.15) is 6.54 Å². The van der Waals surface area contributed by atoms with Crippen LogP contribution in [0.3, 0.4) is 0 Å². The van der Waals surface area contributed by atoms with Crippen molar-refractivity contribution in [2.75, 3.05) is 11.9 Å². The van der Waals surface area contributed by atoms with Crippen molar-refractivity contribution >= 4 is 16.5 Å². The molecule has 0 aliphatic rings. The zero-order valence-corrected chi connectivity index (χ0v) is 6.17. The Hall–Kier alpha value is -0.780. The van der Waals surface area contributed by atoms with Gasteiger partial charge in [-0.15, -0.1) is 11.3 Å². The van der Waals surface area contributed by atoms with E-state index in [1.807, 2.05) is 0 Å². The van der Waals surface area contributed by atoms with Crippen LogP contribution >= 0.6 is 11.3 Å². The van der Waals surface area contributed by atoms with E-state index in [1.54, 1.807) is 5.38 Å².